The number of thiazole rings is 1. The number of aromatic nitrogens is 4. The van der Waals surface area contributed by atoms with Gasteiger partial charge in [0, 0.05) is 23.7 Å². The van der Waals surface area contributed by atoms with Crippen molar-refractivity contribution >= 4 is 17.2 Å². The van der Waals surface area contributed by atoms with Crippen molar-refractivity contribution in [2.45, 2.75) is 19.9 Å². The predicted octanol–water partition coefficient (Wildman–Crippen LogP) is 3.07. The SMILES string of the molecule is Cc1csc(C(C)N(C)C(=O)c2ccccc2-c2ncn[nH]2)n1. The zero-order valence-corrected chi connectivity index (χ0v) is 14.0. The minimum Gasteiger partial charge on any atom is -0.332 e. The first-order chi connectivity index (χ1) is 11.1. The third-order valence-corrected chi connectivity index (χ3v) is 4.86. The van der Waals surface area contributed by atoms with Gasteiger partial charge in [-0.05, 0) is 19.9 Å². The van der Waals surface area contributed by atoms with Gasteiger partial charge < -0.3 is 4.90 Å². The molecule has 0 radical (unpaired) electrons. The largest absolute Gasteiger partial charge is 0.332 e. The van der Waals surface area contributed by atoms with Crippen molar-refractivity contribution in [1.82, 2.24) is 25.1 Å². The highest BCUT2D eigenvalue weighted by Gasteiger charge is 2.23. The fourth-order valence-electron chi connectivity index (χ4n) is 2.31. The molecule has 3 rings (SSSR count). The van der Waals surface area contributed by atoms with Crippen LogP contribution < -0.4 is 0 Å². The van der Waals surface area contributed by atoms with Crippen LogP contribution in [0.25, 0.3) is 11.4 Å². The van der Waals surface area contributed by atoms with Gasteiger partial charge in [-0.15, -0.1) is 11.3 Å². The first kappa shape index (κ1) is 15.4. The fourth-order valence-corrected chi connectivity index (χ4v) is 3.20. The van der Waals surface area contributed by atoms with Gasteiger partial charge in [-0.25, -0.2) is 9.97 Å². The molecule has 6 nitrogen and oxygen atoms in total. The van der Waals surface area contributed by atoms with Crippen molar-refractivity contribution < 1.29 is 4.79 Å². The molecule has 0 fully saturated rings. The molecule has 1 N–H and O–H groups in total. The summed E-state index contributed by atoms with van der Waals surface area (Å²) in [5.41, 5.74) is 2.30. The van der Waals surface area contributed by atoms with E-state index in [0.717, 1.165) is 16.3 Å². The van der Waals surface area contributed by atoms with Crippen LogP contribution in [0.2, 0.25) is 0 Å². The number of hydrogen-bond donors (Lipinski definition) is 1. The number of nitrogens with zero attached hydrogens (tertiary/aromatic N) is 4. The van der Waals surface area contributed by atoms with Crippen molar-refractivity contribution in [3.05, 3.63) is 52.2 Å². The van der Waals surface area contributed by atoms with Crippen molar-refractivity contribution in [2.75, 3.05) is 7.05 Å². The molecule has 2 aromatic heterocycles. The van der Waals surface area contributed by atoms with Gasteiger partial charge in [0.1, 0.15) is 11.3 Å². The summed E-state index contributed by atoms with van der Waals surface area (Å²) >= 11 is 1.57. The second kappa shape index (κ2) is 6.29. The number of rotatable bonds is 4. The van der Waals surface area contributed by atoms with E-state index in [4.69, 9.17) is 0 Å². The Morgan fingerprint density at radius 2 is 2.13 bits per heavy atom. The maximum atomic E-state index is 12.9. The summed E-state index contributed by atoms with van der Waals surface area (Å²) in [7, 11) is 1.79. The topological polar surface area (TPSA) is 74.8 Å². The average Bonchev–Trinajstić information content (AvgIpc) is 3.24. The van der Waals surface area contributed by atoms with Gasteiger partial charge in [0.2, 0.25) is 0 Å². The van der Waals surface area contributed by atoms with Gasteiger partial charge in [0.25, 0.3) is 5.91 Å². The summed E-state index contributed by atoms with van der Waals surface area (Å²) in [5.74, 6) is 0.512. The molecule has 0 aliphatic carbocycles. The highest BCUT2D eigenvalue weighted by Crippen LogP contribution is 2.26. The van der Waals surface area contributed by atoms with E-state index in [0.29, 0.717) is 11.4 Å². The number of carbonyl (C=O) groups excluding carboxylic acids is 1. The van der Waals surface area contributed by atoms with E-state index in [1.54, 1.807) is 29.4 Å². The molecule has 1 amide bonds. The van der Waals surface area contributed by atoms with Crippen molar-refractivity contribution in [1.29, 1.82) is 0 Å². The number of benzene rings is 1. The quantitative estimate of drug-likeness (QED) is 0.799. The molecule has 0 spiro atoms. The molecule has 0 aliphatic rings. The molecular formula is C16H17N5OS. The molecule has 118 valence electrons. The van der Waals surface area contributed by atoms with Gasteiger partial charge in [-0.3, -0.25) is 9.89 Å². The molecule has 1 aromatic carbocycles. The number of hydrogen-bond acceptors (Lipinski definition) is 5. The Balaban J connectivity index is 1.91. The summed E-state index contributed by atoms with van der Waals surface area (Å²) < 4.78 is 0. The summed E-state index contributed by atoms with van der Waals surface area (Å²) in [6.07, 6.45) is 1.43. The van der Waals surface area contributed by atoms with Crippen LogP contribution in [-0.2, 0) is 0 Å². The monoisotopic (exact) mass is 327 g/mol. The maximum absolute atomic E-state index is 12.9. The normalized spacial score (nSPS) is 12.1. The summed E-state index contributed by atoms with van der Waals surface area (Å²) in [6, 6.07) is 7.29. The molecule has 0 bridgehead atoms. The minimum atomic E-state index is -0.0935. The standard InChI is InChI=1S/C16H17N5OS/c1-10-8-23-15(19-10)11(2)21(3)16(22)13-7-5-4-6-12(13)14-17-9-18-20-14/h4-9,11H,1-3H3,(H,17,18,20). The highest BCUT2D eigenvalue weighted by atomic mass is 32.1. The van der Waals surface area contributed by atoms with Crippen LogP contribution in [0.1, 0.15) is 34.0 Å². The van der Waals surface area contributed by atoms with Crippen molar-refractivity contribution in [3.8, 4) is 11.4 Å². The van der Waals surface area contributed by atoms with Crippen LogP contribution in [0.5, 0.6) is 0 Å². The number of aryl methyl sites for hydroxylation is 1. The molecule has 1 unspecified atom stereocenters. The molecular weight excluding hydrogens is 310 g/mol. The van der Waals surface area contributed by atoms with Gasteiger partial charge >= 0.3 is 0 Å². The lowest BCUT2D eigenvalue weighted by Gasteiger charge is -2.24. The number of amides is 1. The zero-order chi connectivity index (χ0) is 16.4. The smallest absolute Gasteiger partial charge is 0.254 e. The average molecular weight is 327 g/mol. The van der Waals surface area contributed by atoms with Crippen LogP contribution in [0.4, 0.5) is 0 Å². The van der Waals surface area contributed by atoms with Crippen molar-refractivity contribution in [2.24, 2.45) is 0 Å². The van der Waals surface area contributed by atoms with Crippen LogP contribution in [-0.4, -0.2) is 38.0 Å². The Kier molecular flexibility index (Phi) is 4.20. The molecule has 1 atom stereocenters. The molecule has 2 heterocycles. The second-order valence-electron chi connectivity index (χ2n) is 5.30. The Morgan fingerprint density at radius 3 is 2.78 bits per heavy atom. The molecule has 0 saturated heterocycles. The fraction of sp³-hybridized carbons (Fsp3) is 0.250. The van der Waals surface area contributed by atoms with Crippen LogP contribution >= 0.6 is 11.3 Å². The van der Waals surface area contributed by atoms with Gasteiger partial charge in [-0.2, -0.15) is 5.10 Å². The first-order valence-corrected chi connectivity index (χ1v) is 8.10. The van der Waals surface area contributed by atoms with E-state index in [1.165, 1.54) is 6.33 Å². The second-order valence-corrected chi connectivity index (χ2v) is 6.19. The van der Waals surface area contributed by atoms with E-state index in [1.807, 2.05) is 37.4 Å². The molecule has 23 heavy (non-hydrogen) atoms. The van der Waals surface area contributed by atoms with Crippen LogP contribution in [0, 0.1) is 6.92 Å². The van der Waals surface area contributed by atoms with Crippen LogP contribution in [0.3, 0.4) is 0 Å². The molecule has 0 aliphatic heterocycles. The molecule has 7 heteroatoms. The Bertz CT molecular complexity index is 812. The number of H-pyrrole nitrogens is 1. The minimum absolute atomic E-state index is 0.0719. The number of carbonyl (C=O) groups is 1. The molecule has 0 saturated carbocycles. The Hall–Kier alpha value is -2.54. The zero-order valence-electron chi connectivity index (χ0n) is 13.1. The lowest BCUT2D eigenvalue weighted by Crippen LogP contribution is -2.30. The lowest BCUT2D eigenvalue weighted by molar-refractivity contribution is 0.0743. The van der Waals surface area contributed by atoms with Gasteiger partial charge in [0.05, 0.1) is 11.6 Å². The third-order valence-electron chi connectivity index (χ3n) is 3.72. The maximum Gasteiger partial charge on any atom is 0.254 e. The van der Waals surface area contributed by atoms with E-state index < -0.39 is 0 Å². The summed E-state index contributed by atoms with van der Waals surface area (Å²) in [5, 5.41) is 9.59. The lowest BCUT2D eigenvalue weighted by atomic mass is 10.1. The predicted molar refractivity (Wildman–Crippen MR) is 89.2 cm³/mol. The third kappa shape index (κ3) is 3.00. The Labute approximate surface area is 138 Å². The van der Waals surface area contributed by atoms with Crippen LogP contribution in [0.15, 0.2) is 36.0 Å². The van der Waals surface area contributed by atoms with E-state index in [-0.39, 0.29) is 11.9 Å². The summed E-state index contributed by atoms with van der Waals surface area (Å²) in [4.78, 5) is 23.2. The van der Waals surface area contributed by atoms with Gasteiger partial charge in [0.15, 0.2) is 5.82 Å². The first-order valence-electron chi connectivity index (χ1n) is 7.22. The molecule has 3 aromatic rings. The Morgan fingerprint density at radius 1 is 1.35 bits per heavy atom. The highest BCUT2D eigenvalue weighted by molar-refractivity contribution is 7.09. The number of nitrogens with one attached hydrogen (secondary N) is 1. The number of aromatic amines is 1. The summed E-state index contributed by atoms with van der Waals surface area (Å²) in [6.45, 7) is 3.93. The van der Waals surface area contributed by atoms with Crippen molar-refractivity contribution in [3.63, 3.8) is 0 Å². The van der Waals surface area contributed by atoms with E-state index >= 15 is 0 Å². The van der Waals surface area contributed by atoms with E-state index in [2.05, 4.69) is 20.2 Å². The van der Waals surface area contributed by atoms with Gasteiger partial charge in [-0.1, -0.05) is 18.2 Å². The van der Waals surface area contributed by atoms with E-state index in [9.17, 15) is 4.79 Å².